The third-order valence-electron chi connectivity index (χ3n) is 4.49. The smallest absolute Gasteiger partial charge is 0.257 e. The summed E-state index contributed by atoms with van der Waals surface area (Å²) in [6.45, 7) is 8.44. The Labute approximate surface area is 144 Å². The third-order valence-corrected chi connectivity index (χ3v) is 4.49. The average molecular weight is 332 g/mol. The molecule has 0 spiro atoms. The molecule has 0 unspecified atom stereocenters. The van der Waals surface area contributed by atoms with Gasteiger partial charge in [-0.3, -0.25) is 9.59 Å². The number of aryl methyl sites for hydroxylation is 1. The van der Waals surface area contributed by atoms with Crippen molar-refractivity contribution >= 4 is 11.8 Å². The molecule has 1 saturated heterocycles. The quantitative estimate of drug-likeness (QED) is 0.851. The molecule has 1 fully saturated rings. The Morgan fingerprint density at radius 1 is 1.12 bits per heavy atom. The number of benzene rings is 1. The molecular weight excluding hydrogens is 304 g/mol. The van der Waals surface area contributed by atoms with E-state index in [4.69, 9.17) is 4.74 Å². The van der Waals surface area contributed by atoms with Gasteiger partial charge in [-0.1, -0.05) is 26.8 Å². The second-order valence-corrected chi connectivity index (χ2v) is 6.51. The van der Waals surface area contributed by atoms with Crippen LogP contribution in [0.3, 0.4) is 0 Å². The SMILES string of the molecule is CCc1ccc(OC)c(C(=O)N2CCCN(C(=O)C(C)C)CC2)c1. The average Bonchev–Trinajstić information content (AvgIpc) is 2.85. The highest BCUT2D eigenvalue weighted by Crippen LogP contribution is 2.23. The summed E-state index contributed by atoms with van der Waals surface area (Å²) in [5.74, 6) is 0.751. The highest BCUT2D eigenvalue weighted by molar-refractivity contribution is 5.97. The Bertz CT molecular complexity index is 598. The van der Waals surface area contributed by atoms with Crippen LogP contribution in [0.25, 0.3) is 0 Å². The van der Waals surface area contributed by atoms with Gasteiger partial charge in [0.2, 0.25) is 5.91 Å². The van der Waals surface area contributed by atoms with E-state index in [1.807, 2.05) is 41.8 Å². The van der Waals surface area contributed by atoms with Crippen molar-refractivity contribution < 1.29 is 14.3 Å². The number of rotatable bonds is 4. The maximum Gasteiger partial charge on any atom is 0.257 e. The topological polar surface area (TPSA) is 49.9 Å². The van der Waals surface area contributed by atoms with Crippen molar-refractivity contribution in [3.8, 4) is 5.75 Å². The molecule has 0 N–H and O–H groups in total. The summed E-state index contributed by atoms with van der Waals surface area (Å²) in [6.07, 6.45) is 1.68. The van der Waals surface area contributed by atoms with E-state index in [0.29, 0.717) is 37.5 Å². The zero-order valence-electron chi connectivity index (χ0n) is 15.2. The van der Waals surface area contributed by atoms with Crippen LogP contribution in [0.4, 0.5) is 0 Å². The number of carbonyl (C=O) groups is 2. The Morgan fingerprint density at radius 2 is 1.79 bits per heavy atom. The normalized spacial score (nSPS) is 15.4. The lowest BCUT2D eigenvalue weighted by Gasteiger charge is -2.24. The van der Waals surface area contributed by atoms with Crippen molar-refractivity contribution in [2.75, 3.05) is 33.3 Å². The van der Waals surface area contributed by atoms with Crippen LogP contribution in [0.5, 0.6) is 5.75 Å². The van der Waals surface area contributed by atoms with E-state index < -0.39 is 0 Å². The van der Waals surface area contributed by atoms with Crippen LogP contribution in [-0.4, -0.2) is 54.9 Å². The summed E-state index contributed by atoms with van der Waals surface area (Å²) in [5, 5.41) is 0. The number of hydrogen-bond acceptors (Lipinski definition) is 3. The van der Waals surface area contributed by atoms with Crippen LogP contribution in [-0.2, 0) is 11.2 Å². The fourth-order valence-electron chi connectivity index (χ4n) is 3.02. The van der Waals surface area contributed by atoms with E-state index in [1.165, 1.54) is 0 Å². The van der Waals surface area contributed by atoms with E-state index in [0.717, 1.165) is 18.4 Å². The molecule has 5 heteroatoms. The van der Waals surface area contributed by atoms with Gasteiger partial charge in [0.15, 0.2) is 0 Å². The molecule has 0 bridgehead atoms. The molecule has 1 aliphatic rings. The maximum atomic E-state index is 13.0. The third kappa shape index (κ3) is 4.08. The lowest BCUT2D eigenvalue weighted by molar-refractivity contribution is -0.134. The molecule has 132 valence electrons. The summed E-state index contributed by atoms with van der Waals surface area (Å²) in [7, 11) is 1.59. The second kappa shape index (κ2) is 8.18. The molecule has 0 aromatic heterocycles. The summed E-state index contributed by atoms with van der Waals surface area (Å²) < 4.78 is 5.37. The predicted octanol–water partition coefficient (Wildman–Crippen LogP) is 2.59. The van der Waals surface area contributed by atoms with Crippen LogP contribution >= 0.6 is 0 Å². The molecule has 2 amide bonds. The van der Waals surface area contributed by atoms with Crippen molar-refractivity contribution in [3.05, 3.63) is 29.3 Å². The number of carbonyl (C=O) groups excluding carboxylic acids is 2. The fourth-order valence-corrected chi connectivity index (χ4v) is 3.02. The molecule has 0 aliphatic carbocycles. The van der Waals surface area contributed by atoms with Gasteiger partial charge in [-0.25, -0.2) is 0 Å². The molecular formula is C19H28N2O3. The standard InChI is InChI=1S/C19H28N2O3/c1-5-15-7-8-17(24-4)16(13-15)19(23)21-10-6-9-20(11-12-21)18(22)14(2)3/h7-8,13-14H,5-6,9-12H2,1-4H3. The first-order valence-corrected chi connectivity index (χ1v) is 8.72. The summed E-state index contributed by atoms with van der Waals surface area (Å²) >= 11 is 0. The van der Waals surface area contributed by atoms with Crippen LogP contribution in [0, 0.1) is 5.92 Å². The zero-order valence-corrected chi connectivity index (χ0v) is 15.2. The van der Waals surface area contributed by atoms with Gasteiger partial charge in [-0.15, -0.1) is 0 Å². The first kappa shape index (κ1) is 18.3. The Balaban J connectivity index is 2.14. The van der Waals surface area contributed by atoms with Gasteiger partial charge in [0.05, 0.1) is 12.7 Å². The number of hydrogen-bond donors (Lipinski definition) is 0. The molecule has 2 rings (SSSR count). The highest BCUT2D eigenvalue weighted by Gasteiger charge is 2.25. The lowest BCUT2D eigenvalue weighted by atomic mass is 10.1. The van der Waals surface area contributed by atoms with Crippen LogP contribution < -0.4 is 4.74 Å². The van der Waals surface area contributed by atoms with Gasteiger partial charge in [0, 0.05) is 32.1 Å². The van der Waals surface area contributed by atoms with Crippen molar-refractivity contribution in [1.82, 2.24) is 9.80 Å². The Kier molecular flexibility index (Phi) is 6.23. The minimum absolute atomic E-state index is 0.00594. The van der Waals surface area contributed by atoms with E-state index in [-0.39, 0.29) is 17.7 Å². The van der Waals surface area contributed by atoms with E-state index >= 15 is 0 Å². The van der Waals surface area contributed by atoms with Crippen molar-refractivity contribution in [2.45, 2.75) is 33.6 Å². The number of ether oxygens (including phenoxy) is 1. The minimum Gasteiger partial charge on any atom is -0.496 e. The minimum atomic E-state index is -0.0130. The maximum absolute atomic E-state index is 13.0. The molecule has 1 aliphatic heterocycles. The van der Waals surface area contributed by atoms with Crippen LogP contribution in [0.2, 0.25) is 0 Å². The predicted molar refractivity (Wildman–Crippen MR) is 94.3 cm³/mol. The largest absolute Gasteiger partial charge is 0.496 e. The molecule has 1 aromatic rings. The lowest BCUT2D eigenvalue weighted by Crippen LogP contribution is -2.39. The fraction of sp³-hybridized carbons (Fsp3) is 0.579. The van der Waals surface area contributed by atoms with Gasteiger partial charge in [0.25, 0.3) is 5.91 Å². The Hall–Kier alpha value is -2.04. The van der Waals surface area contributed by atoms with Gasteiger partial charge >= 0.3 is 0 Å². The summed E-state index contributed by atoms with van der Waals surface area (Å²) in [6, 6.07) is 5.77. The molecule has 0 saturated carbocycles. The molecule has 0 atom stereocenters. The number of amides is 2. The van der Waals surface area contributed by atoms with Gasteiger partial charge in [-0.05, 0) is 30.5 Å². The van der Waals surface area contributed by atoms with E-state index in [1.54, 1.807) is 7.11 Å². The van der Waals surface area contributed by atoms with Gasteiger partial charge in [-0.2, -0.15) is 0 Å². The van der Waals surface area contributed by atoms with Gasteiger partial charge in [0.1, 0.15) is 5.75 Å². The summed E-state index contributed by atoms with van der Waals surface area (Å²) in [4.78, 5) is 28.8. The van der Waals surface area contributed by atoms with Crippen molar-refractivity contribution in [3.63, 3.8) is 0 Å². The number of nitrogens with zero attached hydrogens (tertiary/aromatic N) is 2. The molecule has 0 radical (unpaired) electrons. The van der Waals surface area contributed by atoms with Crippen LogP contribution in [0.15, 0.2) is 18.2 Å². The first-order chi connectivity index (χ1) is 11.5. The van der Waals surface area contributed by atoms with E-state index in [9.17, 15) is 9.59 Å². The van der Waals surface area contributed by atoms with E-state index in [2.05, 4.69) is 6.92 Å². The molecule has 1 aromatic carbocycles. The molecule has 24 heavy (non-hydrogen) atoms. The van der Waals surface area contributed by atoms with Crippen LogP contribution in [0.1, 0.15) is 43.1 Å². The number of methoxy groups -OCH3 is 1. The highest BCUT2D eigenvalue weighted by atomic mass is 16.5. The van der Waals surface area contributed by atoms with Gasteiger partial charge < -0.3 is 14.5 Å². The summed E-state index contributed by atoms with van der Waals surface area (Å²) in [5.41, 5.74) is 1.73. The zero-order chi connectivity index (χ0) is 17.7. The first-order valence-electron chi connectivity index (χ1n) is 8.72. The Morgan fingerprint density at radius 3 is 2.42 bits per heavy atom. The van der Waals surface area contributed by atoms with Crippen molar-refractivity contribution in [2.24, 2.45) is 5.92 Å². The monoisotopic (exact) mass is 332 g/mol. The van der Waals surface area contributed by atoms with Crippen molar-refractivity contribution in [1.29, 1.82) is 0 Å². The second-order valence-electron chi connectivity index (χ2n) is 6.51. The molecule has 1 heterocycles. The molecule has 5 nitrogen and oxygen atoms in total.